The van der Waals surface area contributed by atoms with Crippen molar-refractivity contribution in [3.05, 3.63) is 38.5 Å². The van der Waals surface area contributed by atoms with Gasteiger partial charge in [-0.15, -0.1) is 26.3 Å². The molecule has 66 valence electrons. The summed E-state index contributed by atoms with van der Waals surface area (Å²) in [7, 11) is 0. The van der Waals surface area contributed by atoms with Crippen LogP contribution in [0.1, 0.15) is 33.1 Å². The van der Waals surface area contributed by atoms with Crippen molar-refractivity contribution in [2.24, 2.45) is 0 Å². The first kappa shape index (κ1) is 16.7. The van der Waals surface area contributed by atoms with Gasteiger partial charge in [0.2, 0.25) is 0 Å². The van der Waals surface area contributed by atoms with Crippen LogP contribution in [-0.2, 0) is 0 Å². The van der Waals surface area contributed by atoms with E-state index in [1.165, 1.54) is 19.3 Å². The molecule has 0 aromatic carbocycles. The zero-order chi connectivity index (χ0) is 9.54. The molecule has 0 N–H and O–H groups in total. The van der Waals surface area contributed by atoms with Crippen molar-refractivity contribution in [3.63, 3.8) is 0 Å². The normalized spacial score (nSPS) is 6.00. The lowest BCUT2D eigenvalue weighted by molar-refractivity contribution is 0.816. The lowest BCUT2D eigenvalue weighted by Gasteiger charge is -1.81. The standard InChI is InChI=1S/C6H12.C3H6.C2H4/c1-3-5-6-4-2;1-3-2;1-2/h3H,1,4-6H2,2H3;3H,1H2,2H3;1-2H2. The summed E-state index contributed by atoms with van der Waals surface area (Å²) in [6.45, 7) is 17.0. The van der Waals surface area contributed by atoms with Gasteiger partial charge in [0.1, 0.15) is 0 Å². The van der Waals surface area contributed by atoms with Crippen LogP contribution >= 0.6 is 0 Å². The maximum absolute atomic E-state index is 3.60. The van der Waals surface area contributed by atoms with Crippen LogP contribution in [0.2, 0.25) is 0 Å². The minimum Gasteiger partial charge on any atom is -0.106 e. The van der Waals surface area contributed by atoms with E-state index in [1.54, 1.807) is 6.08 Å². The maximum Gasteiger partial charge on any atom is -0.0354 e. The van der Waals surface area contributed by atoms with Crippen molar-refractivity contribution in [2.45, 2.75) is 33.1 Å². The van der Waals surface area contributed by atoms with Gasteiger partial charge in [-0.2, -0.15) is 0 Å². The van der Waals surface area contributed by atoms with Gasteiger partial charge >= 0.3 is 0 Å². The van der Waals surface area contributed by atoms with E-state index in [4.69, 9.17) is 0 Å². The fourth-order valence-electron chi connectivity index (χ4n) is 0.348. The first-order chi connectivity index (χ1) is 5.33. The molecule has 11 heavy (non-hydrogen) atoms. The van der Waals surface area contributed by atoms with Crippen LogP contribution < -0.4 is 0 Å². The van der Waals surface area contributed by atoms with Crippen LogP contribution in [0.5, 0.6) is 0 Å². The summed E-state index contributed by atoms with van der Waals surface area (Å²) in [6.07, 6.45) is 7.47. The molecule has 0 fully saturated rings. The van der Waals surface area contributed by atoms with E-state index in [-0.39, 0.29) is 0 Å². The molecule has 0 bridgehead atoms. The predicted molar refractivity (Wildman–Crippen MR) is 56.8 cm³/mol. The number of allylic oxidation sites excluding steroid dienone is 2. The molecule has 0 aromatic heterocycles. The molecule has 0 aliphatic carbocycles. The average molecular weight is 154 g/mol. The fourth-order valence-corrected chi connectivity index (χ4v) is 0.348. The van der Waals surface area contributed by atoms with Crippen LogP contribution in [0.3, 0.4) is 0 Å². The third-order valence-corrected chi connectivity index (χ3v) is 0.762. The van der Waals surface area contributed by atoms with Gasteiger partial charge in [0.15, 0.2) is 0 Å². The van der Waals surface area contributed by atoms with Gasteiger partial charge in [0.05, 0.1) is 0 Å². The van der Waals surface area contributed by atoms with Crippen LogP contribution in [0.4, 0.5) is 0 Å². The summed E-state index contributed by atoms with van der Waals surface area (Å²) in [6, 6.07) is 0. The molecule has 0 aromatic rings. The van der Waals surface area contributed by atoms with Crippen molar-refractivity contribution in [1.82, 2.24) is 0 Å². The topological polar surface area (TPSA) is 0 Å². The molecule has 0 aliphatic heterocycles. The van der Waals surface area contributed by atoms with E-state index in [1.807, 2.05) is 13.0 Å². The molecule has 0 atom stereocenters. The highest BCUT2D eigenvalue weighted by atomic mass is 13.8. The Kier molecular flexibility index (Phi) is 53.0. The summed E-state index contributed by atoms with van der Waals surface area (Å²) in [5, 5.41) is 0. The molecule has 0 aliphatic rings. The number of rotatable bonds is 3. The van der Waals surface area contributed by atoms with E-state index < -0.39 is 0 Å². The third-order valence-electron chi connectivity index (χ3n) is 0.762. The van der Waals surface area contributed by atoms with Crippen molar-refractivity contribution >= 4 is 0 Å². The van der Waals surface area contributed by atoms with E-state index in [9.17, 15) is 0 Å². The Morgan fingerprint density at radius 3 is 1.64 bits per heavy atom. The predicted octanol–water partition coefficient (Wildman–Crippen LogP) is 4.36. The van der Waals surface area contributed by atoms with Crippen LogP contribution in [0.15, 0.2) is 38.5 Å². The Bertz CT molecular complexity index is 62.4. The lowest BCUT2D eigenvalue weighted by atomic mass is 10.3. The van der Waals surface area contributed by atoms with Gasteiger partial charge < -0.3 is 0 Å². The van der Waals surface area contributed by atoms with Gasteiger partial charge in [-0.3, -0.25) is 0 Å². The molecular weight excluding hydrogens is 132 g/mol. The second-order valence-corrected chi connectivity index (χ2v) is 1.84. The van der Waals surface area contributed by atoms with E-state index in [2.05, 4.69) is 33.2 Å². The van der Waals surface area contributed by atoms with Crippen LogP contribution in [-0.4, -0.2) is 0 Å². The highest BCUT2D eigenvalue weighted by molar-refractivity contribution is 4.64. The second-order valence-electron chi connectivity index (χ2n) is 1.84. The Morgan fingerprint density at radius 2 is 1.55 bits per heavy atom. The summed E-state index contributed by atoms with van der Waals surface area (Å²) < 4.78 is 0. The number of unbranched alkanes of at least 4 members (excludes halogenated alkanes) is 2. The number of hydrogen-bond acceptors (Lipinski definition) is 0. The molecule has 0 radical (unpaired) electrons. The van der Waals surface area contributed by atoms with Gasteiger partial charge in [-0.25, -0.2) is 0 Å². The minimum atomic E-state index is 1.18. The fraction of sp³-hybridized carbons (Fsp3) is 0.455. The van der Waals surface area contributed by atoms with E-state index in [0.717, 1.165) is 0 Å². The maximum atomic E-state index is 3.60. The van der Waals surface area contributed by atoms with Crippen molar-refractivity contribution < 1.29 is 0 Å². The molecule has 0 heterocycles. The molecule has 0 unspecified atom stereocenters. The van der Waals surface area contributed by atoms with Gasteiger partial charge in [-0.05, 0) is 13.3 Å². The Balaban J connectivity index is -0.000000109. The first-order valence-corrected chi connectivity index (χ1v) is 4.01. The molecule has 0 rings (SSSR count). The summed E-state index contributed by atoms with van der Waals surface area (Å²) >= 11 is 0. The Morgan fingerprint density at radius 1 is 1.18 bits per heavy atom. The third kappa shape index (κ3) is 97.5. The molecule has 0 amide bonds. The summed E-state index contributed by atoms with van der Waals surface area (Å²) in [4.78, 5) is 0. The van der Waals surface area contributed by atoms with Gasteiger partial charge in [-0.1, -0.05) is 31.9 Å². The molecule has 0 spiro atoms. The lowest BCUT2D eigenvalue weighted by Crippen LogP contribution is -1.61. The zero-order valence-corrected chi connectivity index (χ0v) is 8.10. The van der Waals surface area contributed by atoms with Gasteiger partial charge in [0, 0.05) is 0 Å². The minimum absolute atomic E-state index is 1.18. The number of hydrogen-bond donors (Lipinski definition) is 0. The van der Waals surface area contributed by atoms with Crippen molar-refractivity contribution in [2.75, 3.05) is 0 Å². The smallest absolute Gasteiger partial charge is 0.0354 e. The highest BCUT2D eigenvalue weighted by Crippen LogP contribution is 1.91. The molecular formula is C11H22. The monoisotopic (exact) mass is 154 g/mol. The van der Waals surface area contributed by atoms with E-state index in [0.29, 0.717) is 0 Å². The molecule has 0 saturated carbocycles. The van der Waals surface area contributed by atoms with Gasteiger partial charge in [0.25, 0.3) is 0 Å². The molecule has 0 saturated heterocycles. The molecule has 0 heteroatoms. The van der Waals surface area contributed by atoms with Crippen molar-refractivity contribution in [3.8, 4) is 0 Å². The highest BCUT2D eigenvalue weighted by Gasteiger charge is 1.71. The Hall–Kier alpha value is -0.780. The first-order valence-electron chi connectivity index (χ1n) is 4.01. The SMILES string of the molecule is C=C.C=CC.C=CCCCC. The summed E-state index contributed by atoms with van der Waals surface area (Å²) in [5.41, 5.74) is 0. The van der Waals surface area contributed by atoms with Crippen LogP contribution in [0, 0.1) is 0 Å². The quantitative estimate of drug-likeness (QED) is 0.418. The average Bonchev–Trinajstić information content (AvgIpc) is 2.06. The second kappa shape index (κ2) is 35.0. The van der Waals surface area contributed by atoms with Crippen LogP contribution in [0.25, 0.3) is 0 Å². The zero-order valence-electron chi connectivity index (χ0n) is 8.10. The Labute approximate surface area is 72.3 Å². The van der Waals surface area contributed by atoms with E-state index >= 15 is 0 Å². The van der Waals surface area contributed by atoms with Crippen molar-refractivity contribution in [1.29, 1.82) is 0 Å². The summed E-state index contributed by atoms with van der Waals surface area (Å²) in [5.74, 6) is 0. The molecule has 0 nitrogen and oxygen atoms in total. The largest absolute Gasteiger partial charge is 0.106 e.